The number of carbonyl (C=O) groups excluding carboxylic acids is 1. The Morgan fingerprint density at radius 3 is 2.57 bits per heavy atom. The van der Waals surface area contributed by atoms with Crippen LogP contribution in [0.5, 0.6) is 0 Å². The molecule has 1 fully saturated rings. The minimum absolute atomic E-state index is 0.0594. The number of benzene rings is 3. The molecule has 5 rings (SSSR count). The van der Waals surface area contributed by atoms with Gasteiger partial charge >= 0.3 is 0 Å². The van der Waals surface area contributed by atoms with Crippen LogP contribution in [0.4, 0.5) is 0 Å². The first-order valence-corrected chi connectivity index (χ1v) is 13.4. The monoisotopic (exact) mass is 518 g/mol. The molecule has 0 spiro atoms. The predicted molar refractivity (Wildman–Crippen MR) is 151 cm³/mol. The number of likely N-dealkylation sites (tertiary alicyclic amines) is 1. The number of aromatic nitrogens is 1. The maximum atomic E-state index is 13.0. The number of rotatable bonds is 10. The highest BCUT2D eigenvalue weighted by atomic mass is 35.5. The number of halogens is 1. The summed E-state index contributed by atoms with van der Waals surface area (Å²) in [5, 5.41) is 10.1. The molecule has 6 nitrogen and oxygen atoms in total. The highest BCUT2D eigenvalue weighted by molar-refractivity contribution is 6.30. The summed E-state index contributed by atoms with van der Waals surface area (Å²) < 4.78 is 7.48. The van der Waals surface area contributed by atoms with Crippen molar-refractivity contribution in [1.82, 2.24) is 20.1 Å². The highest BCUT2D eigenvalue weighted by Crippen LogP contribution is 2.30. The van der Waals surface area contributed by atoms with Crippen LogP contribution in [-0.2, 0) is 29.2 Å². The molecule has 1 aliphatic heterocycles. The Morgan fingerprint density at radius 2 is 1.78 bits per heavy atom. The molecular weight excluding hydrogens is 484 g/mol. The van der Waals surface area contributed by atoms with Crippen molar-refractivity contribution in [3.63, 3.8) is 0 Å². The Bertz CT molecular complexity index is 1370. The molecule has 7 heteroatoms. The van der Waals surface area contributed by atoms with Crippen molar-refractivity contribution in [2.45, 2.75) is 45.1 Å². The van der Waals surface area contributed by atoms with Gasteiger partial charge in [0, 0.05) is 72.7 Å². The van der Waals surface area contributed by atoms with Gasteiger partial charge in [0.05, 0.1) is 12.6 Å². The summed E-state index contributed by atoms with van der Waals surface area (Å²) in [6.45, 7) is 6.44. The van der Waals surface area contributed by atoms with E-state index < -0.39 is 0 Å². The lowest BCUT2D eigenvalue weighted by Gasteiger charge is -2.23. The fraction of sp³-hybridized carbons (Fsp3) is 0.367. The number of aryl methyl sites for hydroxylation is 1. The first-order valence-electron chi connectivity index (χ1n) is 13.1. The molecule has 0 radical (unpaired) electrons. The number of nitrogens with one attached hydrogen (secondary N) is 2. The van der Waals surface area contributed by atoms with Crippen molar-refractivity contribution in [1.29, 1.82) is 0 Å². The fourth-order valence-corrected chi connectivity index (χ4v) is 5.66. The van der Waals surface area contributed by atoms with Crippen LogP contribution in [-0.4, -0.2) is 54.3 Å². The van der Waals surface area contributed by atoms with E-state index in [9.17, 15) is 4.79 Å². The second kappa shape index (κ2) is 11.7. The quantitative estimate of drug-likeness (QED) is 0.291. The molecule has 1 amide bonds. The zero-order valence-electron chi connectivity index (χ0n) is 21.5. The number of para-hydroxylation sites is 1. The molecule has 4 aromatic rings. The van der Waals surface area contributed by atoms with Crippen LogP contribution in [0.3, 0.4) is 0 Å². The van der Waals surface area contributed by atoms with Gasteiger partial charge in [-0.25, -0.2) is 0 Å². The molecular formula is C30H35ClN4O2. The van der Waals surface area contributed by atoms with Crippen molar-refractivity contribution in [3.05, 3.63) is 82.9 Å². The Labute approximate surface area is 223 Å². The minimum Gasteiger partial charge on any atom is -0.383 e. The number of amides is 1. The van der Waals surface area contributed by atoms with Crippen molar-refractivity contribution in [2.24, 2.45) is 0 Å². The zero-order valence-corrected chi connectivity index (χ0v) is 22.3. The number of hydrogen-bond donors (Lipinski definition) is 2. The van der Waals surface area contributed by atoms with Crippen LogP contribution in [0, 0.1) is 0 Å². The van der Waals surface area contributed by atoms with Gasteiger partial charge in [-0.05, 0) is 54.8 Å². The lowest BCUT2D eigenvalue weighted by molar-refractivity contribution is -0.125. The van der Waals surface area contributed by atoms with Crippen LogP contribution in [0.1, 0.15) is 24.5 Å². The second-order valence-electron chi connectivity index (χ2n) is 9.78. The van der Waals surface area contributed by atoms with Gasteiger partial charge in [0.2, 0.25) is 5.91 Å². The SMILES string of the molecule is CCn1c2ccccc2c2cc(CN[C@@H]3C[C@@H](C(=O)NCCOC)N(Cc4ccc(Cl)cc4)C3)ccc21. The average molecular weight is 519 g/mol. The van der Waals surface area contributed by atoms with Gasteiger partial charge in [-0.2, -0.15) is 0 Å². The van der Waals surface area contributed by atoms with Crippen LogP contribution in [0.25, 0.3) is 21.8 Å². The van der Waals surface area contributed by atoms with Crippen LogP contribution >= 0.6 is 11.6 Å². The number of ether oxygens (including phenoxy) is 1. The summed E-state index contributed by atoms with van der Waals surface area (Å²) in [6, 6.07) is 23.3. The molecule has 1 aromatic heterocycles. The number of hydrogen-bond acceptors (Lipinski definition) is 4. The van der Waals surface area contributed by atoms with Crippen LogP contribution in [0.15, 0.2) is 66.7 Å². The van der Waals surface area contributed by atoms with Gasteiger partial charge in [0.25, 0.3) is 0 Å². The Morgan fingerprint density at radius 1 is 1.03 bits per heavy atom. The molecule has 1 saturated heterocycles. The molecule has 0 unspecified atom stereocenters. The Kier molecular flexibility index (Phi) is 8.11. The van der Waals surface area contributed by atoms with E-state index in [1.807, 2.05) is 24.3 Å². The maximum absolute atomic E-state index is 13.0. The van der Waals surface area contributed by atoms with Crippen LogP contribution < -0.4 is 10.6 Å². The summed E-state index contributed by atoms with van der Waals surface area (Å²) in [4.78, 5) is 15.3. The summed E-state index contributed by atoms with van der Waals surface area (Å²) >= 11 is 6.08. The molecule has 2 atom stereocenters. The van der Waals surface area contributed by atoms with Gasteiger partial charge in [-0.1, -0.05) is 48.0 Å². The van der Waals surface area contributed by atoms with Crippen molar-refractivity contribution < 1.29 is 9.53 Å². The van der Waals surface area contributed by atoms with Gasteiger partial charge in [0.15, 0.2) is 0 Å². The first kappa shape index (κ1) is 25.7. The molecule has 194 valence electrons. The molecule has 37 heavy (non-hydrogen) atoms. The van der Waals surface area contributed by atoms with Crippen molar-refractivity contribution in [2.75, 3.05) is 26.8 Å². The number of methoxy groups -OCH3 is 1. The van der Waals surface area contributed by atoms with E-state index in [0.717, 1.165) is 36.6 Å². The Hall–Kier alpha value is -2.90. The van der Waals surface area contributed by atoms with Gasteiger partial charge in [-0.15, -0.1) is 0 Å². The van der Waals surface area contributed by atoms with E-state index in [4.69, 9.17) is 16.3 Å². The maximum Gasteiger partial charge on any atom is 0.237 e. The molecule has 0 saturated carbocycles. The molecule has 2 heterocycles. The molecule has 0 aliphatic carbocycles. The van der Waals surface area contributed by atoms with Gasteiger partial charge in [-0.3, -0.25) is 9.69 Å². The normalized spacial score (nSPS) is 18.1. The molecule has 1 aliphatic rings. The highest BCUT2D eigenvalue weighted by Gasteiger charge is 2.36. The van der Waals surface area contributed by atoms with Gasteiger partial charge in [0.1, 0.15) is 0 Å². The third-order valence-electron chi connectivity index (χ3n) is 7.36. The summed E-state index contributed by atoms with van der Waals surface area (Å²) in [5.74, 6) is 0.0594. The number of fused-ring (bicyclic) bond motifs is 3. The predicted octanol–water partition coefficient (Wildman–Crippen LogP) is 4.96. The van der Waals surface area contributed by atoms with E-state index in [1.165, 1.54) is 27.4 Å². The summed E-state index contributed by atoms with van der Waals surface area (Å²) in [7, 11) is 1.64. The average Bonchev–Trinajstić information content (AvgIpc) is 3.47. The van der Waals surface area contributed by atoms with E-state index >= 15 is 0 Å². The third-order valence-corrected chi connectivity index (χ3v) is 7.61. The first-order chi connectivity index (χ1) is 18.1. The number of nitrogens with zero attached hydrogens (tertiary/aromatic N) is 2. The smallest absolute Gasteiger partial charge is 0.237 e. The summed E-state index contributed by atoms with van der Waals surface area (Å²) in [5.41, 5.74) is 4.96. The molecule has 2 N–H and O–H groups in total. The summed E-state index contributed by atoms with van der Waals surface area (Å²) in [6.07, 6.45) is 0.768. The van der Waals surface area contributed by atoms with E-state index in [-0.39, 0.29) is 18.0 Å². The van der Waals surface area contributed by atoms with E-state index in [0.29, 0.717) is 19.7 Å². The van der Waals surface area contributed by atoms with Crippen molar-refractivity contribution >= 4 is 39.3 Å². The minimum atomic E-state index is -0.185. The van der Waals surface area contributed by atoms with Crippen molar-refractivity contribution in [3.8, 4) is 0 Å². The van der Waals surface area contributed by atoms with E-state index in [1.54, 1.807) is 7.11 Å². The fourth-order valence-electron chi connectivity index (χ4n) is 5.53. The molecule has 3 aromatic carbocycles. The van der Waals surface area contributed by atoms with Gasteiger partial charge < -0.3 is 19.9 Å². The lowest BCUT2D eigenvalue weighted by Crippen LogP contribution is -2.43. The van der Waals surface area contributed by atoms with Crippen LogP contribution in [0.2, 0.25) is 5.02 Å². The largest absolute Gasteiger partial charge is 0.383 e. The van der Waals surface area contributed by atoms with E-state index in [2.05, 4.69) is 69.5 Å². The topological polar surface area (TPSA) is 58.5 Å². The number of carbonyl (C=O) groups is 1. The Balaban J connectivity index is 1.30. The lowest BCUT2D eigenvalue weighted by atomic mass is 10.1. The second-order valence-corrected chi connectivity index (χ2v) is 10.2. The zero-order chi connectivity index (χ0) is 25.8. The third kappa shape index (κ3) is 5.68. The standard InChI is InChI=1S/C30H35ClN4O2/c1-3-35-27-7-5-4-6-25(27)26-16-22(10-13-28(26)35)18-33-24-17-29(30(36)32-14-15-37-2)34(20-24)19-21-8-11-23(31)12-9-21/h4-13,16,24,29,33H,3,14-15,17-20H2,1-2H3,(H,32,36)/t24-,29+/m1/s1. The molecule has 0 bridgehead atoms.